The molecule has 1 fully saturated rings. The number of benzene rings is 1. The first-order valence-electron chi connectivity index (χ1n) is 7.90. The van der Waals surface area contributed by atoms with Crippen molar-refractivity contribution in [2.24, 2.45) is 5.92 Å². The van der Waals surface area contributed by atoms with Gasteiger partial charge in [0.05, 0.1) is 12.0 Å². The van der Waals surface area contributed by atoms with Crippen molar-refractivity contribution in [3.63, 3.8) is 0 Å². The normalized spacial score (nSPS) is 22.3. The number of rotatable bonds is 6. The van der Waals surface area contributed by atoms with Crippen LogP contribution in [0, 0.1) is 5.92 Å². The molecule has 0 saturated carbocycles. The average Bonchev–Trinajstić information content (AvgIpc) is 2.82. The number of hydrogen-bond donors (Lipinski definition) is 2. The smallest absolute Gasteiger partial charge is 0.226 e. The molecule has 0 bridgehead atoms. The fourth-order valence-corrected chi connectivity index (χ4v) is 3.29. The van der Waals surface area contributed by atoms with Crippen molar-refractivity contribution in [2.75, 3.05) is 13.7 Å². The highest BCUT2D eigenvalue weighted by atomic mass is 35.5. The monoisotopic (exact) mass is 338 g/mol. The second-order valence-electron chi connectivity index (χ2n) is 5.94. The van der Waals surface area contributed by atoms with E-state index in [0.29, 0.717) is 11.4 Å². The van der Waals surface area contributed by atoms with Gasteiger partial charge in [0.15, 0.2) is 0 Å². The summed E-state index contributed by atoms with van der Waals surface area (Å²) >= 11 is 6.05. The van der Waals surface area contributed by atoms with E-state index in [1.807, 2.05) is 19.1 Å². The van der Waals surface area contributed by atoms with Crippen LogP contribution in [0.25, 0.3) is 0 Å². The number of hydrogen-bond acceptors (Lipinski definition) is 3. The van der Waals surface area contributed by atoms with Crippen LogP contribution in [-0.2, 0) is 9.59 Å². The van der Waals surface area contributed by atoms with Crippen LogP contribution in [0.5, 0.6) is 0 Å². The predicted octanol–water partition coefficient (Wildman–Crippen LogP) is 2.14. The van der Waals surface area contributed by atoms with Gasteiger partial charge in [-0.25, -0.2) is 0 Å². The van der Waals surface area contributed by atoms with E-state index in [-0.39, 0.29) is 36.9 Å². The summed E-state index contributed by atoms with van der Waals surface area (Å²) in [5.74, 6) is -0.642. The Labute approximate surface area is 141 Å². The molecule has 1 aliphatic rings. The minimum atomic E-state index is -0.446. The quantitative estimate of drug-likeness (QED) is 0.835. The lowest BCUT2D eigenvalue weighted by Crippen LogP contribution is -2.40. The average molecular weight is 339 g/mol. The third-order valence-corrected chi connectivity index (χ3v) is 4.67. The molecule has 3 unspecified atom stereocenters. The highest BCUT2D eigenvalue weighted by Gasteiger charge is 2.42. The van der Waals surface area contributed by atoms with Gasteiger partial charge in [0.2, 0.25) is 11.8 Å². The Morgan fingerprint density at radius 1 is 1.52 bits per heavy atom. The molecule has 6 heteroatoms. The molecule has 1 heterocycles. The largest absolute Gasteiger partial charge is 0.396 e. The van der Waals surface area contributed by atoms with E-state index in [9.17, 15) is 9.59 Å². The number of nitrogens with zero attached hydrogens (tertiary/aromatic N) is 1. The maximum Gasteiger partial charge on any atom is 0.226 e. The second-order valence-corrected chi connectivity index (χ2v) is 6.38. The van der Waals surface area contributed by atoms with Gasteiger partial charge in [-0.05, 0) is 30.5 Å². The number of likely N-dealkylation sites (tertiary alicyclic amines) is 1. The van der Waals surface area contributed by atoms with Crippen molar-refractivity contribution in [2.45, 2.75) is 38.3 Å². The van der Waals surface area contributed by atoms with Crippen LogP contribution in [0.15, 0.2) is 24.3 Å². The number of halogens is 1. The minimum Gasteiger partial charge on any atom is -0.396 e. The van der Waals surface area contributed by atoms with Crippen molar-refractivity contribution in [3.8, 4) is 0 Å². The number of nitrogens with one attached hydrogen (secondary N) is 1. The molecule has 1 aromatic carbocycles. The number of carbonyl (C=O) groups is 2. The maximum atomic E-state index is 12.6. The number of carbonyl (C=O) groups excluding carboxylic acids is 2. The van der Waals surface area contributed by atoms with E-state index in [2.05, 4.69) is 5.32 Å². The van der Waals surface area contributed by atoms with Crippen LogP contribution in [0.4, 0.5) is 0 Å². The van der Waals surface area contributed by atoms with Crippen molar-refractivity contribution < 1.29 is 14.7 Å². The molecule has 0 aliphatic carbocycles. The molecule has 126 valence electrons. The highest BCUT2D eigenvalue weighted by Crippen LogP contribution is 2.37. The molecule has 0 radical (unpaired) electrons. The molecule has 23 heavy (non-hydrogen) atoms. The fraction of sp³-hybridized carbons (Fsp3) is 0.529. The topological polar surface area (TPSA) is 69.6 Å². The molecule has 0 spiro atoms. The molecule has 2 rings (SSSR count). The van der Waals surface area contributed by atoms with Gasteiger partial charge in [0.25, 0.3) is 0 Å². The van der Waals surface area contributed by atoms with Crippen LogP contribution >= 0.6 is 11.6 Å². The number of aliphatic hydroxyl groups excluding tert-OH is 1. The summed E-state index contributed by atoms with van der Waals surface area (Å²) in [4.78, 5) is 26.4. The number of aliphatic hydroxyl groups is 1. The summed E-state index contributed by atoms with van der Waals surface area (Å²) in [5.41, 5.74) is 0.862. The summed E-state index contributed by atoms with van der Waals surface area (Å²) in [6.07, 6.45) is 1.44. The predicted molar refractivity (Wildman–Crippen MR) is 89.0 cm³/mol. The van der Waals surface area contributed by atoms with Crippen LogP contribution in [0.2, 0.25) is 5.02 Å². The van der Waals surface area contributed by atoms with Crippen molar-refractivity contribution in [3.05, 3.63) is 34.9 Å². The second kappa shape index (κ2) is 7.79. The minimum absolute atomic E-state index is 0.0278. The Bertz CT molecular complexity index is 579. The van der Waals surface area contributed by atoms with Crippen LogP contribution in [-0.4, -0.2) is 41.5 Å². The summed E-state index contributed by atoms with van der Waals surface area (Å²) < 4.78 is 0. The lowest BCUT2D eigenvalue weighted by atomic mass is 9.92. The van der Waals surface area contributed by atoms with Gasteiger partial charge >= 0.3 is 0 Å². The van der Waals surface area contributed by atoms with E-state index in [0.717, 1.165) is 12.0 Å². The Hall–Kier alpha value is -1.59. The summed E-state index contributed by atoms with van der Waals surface area (Å²) in [6.45, 7) is 1.99. The first-order chi connectivity index (χ1) is 11.0. The molecule has 1 aliphatic heterocycles. The van der Waals surface area contributed by atoms with Crippen molar-refractivity contribution in [1.82, 2.24) is 10.2 Å². The third kappa shape index (κ3) is 4.03. The zero-order chi connectivity index (χ0) is 17.0. The van der Waals surface area contributed by atoms with Gasteiger partial charge in [0, 0.05) is 31.1 Å². The van der Waals surface area contributed by atoms with Gasteiger partial charge in [-0.15, -0.1) is 0 Å². The van der Waals surface area contributed by atoms with Gasteiger partial charge in [-0.2, -0.15) is 0 Å². The van der Waals surface area contributed by atoms with Gasteiger partial charge in [0.1, 0.15) is 0 Å². The number of amides is 2. The maximum absolute atomic E-state index is 12.6. The fourth-order valence-electron chi connectivity index (χ4n) is 3.09. The Morgan fingerprint density at radius 3 is 2.87 bits per heavy atom. The molecule has 3 atom stereocenters. The van der Waals surface area contributed by atoms with E-state index >= 15 is 0 Å². The van der Waals surface area contributed by atoms with Crippen LogP contribution in [0.1, 0.15) is 37.8 Å². The molecular formula is C17H23ClN2O3. The van der Waals surface area contributed by atoms with Gasteiger partial charge < -0.3 is 15.3 Å². The van der Waals surface area contributed by atoms with E-state index in [4.69, 9.17) is 16.7 Å². The first kappa shape index (κ1) is 17.8. The Morgan fingerprint density at radius 2 is 2.26 bits per heavy atom. The molecular weight excluding hydrogens is 316 g/mol. The molecule has 0 aromatic heterocycles. The summed E-state index contributed by atoms with van der Waals surface area (Å²) in [7, 11) is 1.71. The SMILES string of the molecule is CCC(CCO)NC(=O)C1CC(=O)N(C)C1c1cccc(Cl)c1. The van der Waals surface area contributed by atoms with E-state index in [1.54, 1.807) is 24.1 Å². The third-order valence-electron chi connectivity index (χ3n) is 4.43. The molecule has 2 amide bonds. The Balaban J connectivity index is 2.21. The zero-order valence-electron chi connectivity index (χ0n) is 13.5. The standard InChI is InChI=1S/C17H23ClN2O3/c1-3-13(7-8-21)19-17(23)14-10-15(22)20(2)16(14)11-5-4-6-12(18)9-11/h4-6,9,13-14,16,21H,3,7-8,10H2,1-2H3,(H,19,23). The molecule has 2 N–H and O–H groups in total. The molecule has 5 nitrogen and oxygen atoms in total. The lowest BCUT2D eigenvalue weighted by molar-refractivity contribution is -0.128. The van der Waals surface area contributed by atoms with E-state index < -0.39 is 5.92 Å². The molecule has 1 saturated heterocycles. The lowest BCUT2D eigenvalue weighted by Gasteiger charge is -2.26. The van der Waals surface area contributed by atoms with Crippen LogP contribution in [0.3, 0.4) is 0 Å². The van der Waals surface area contributed by atoms with Crippen LogP contribution < -0.4 is 5.32 Å². The summed E-state index contributed by atoms with van der Waals surface area (Å²) in [5, 5.41) is 12.6. The van der Waals surface area contributed by atoms with Crippen molar-refractivity contribution in [1.29, 1.82) is 0 Å². The molecule has 1 aromatic rings. The highest BCUT2D eigenvalue weighted by molar-refractivity contribution is 6.30. The van der Waals surface area contributed by atoms with Crippen molar-refractivity contribution >= 4 is 23.4 Å². The van der Waals surface area contributed by atoms with E-state index in [1.165, 1.54) is 0 Å². The first-order valence-corrected chi connectivity index (χ1v) is 8.28. The van der Waals surface area contributed by atoms with Gasteiger partial charge in [-0.1, -0.05) is 30.7 Å². The summed E-state index contributed by atoms with van der Waals surface area (Å²) in [6, 6.07) is 6.89. The Kier molecular flexibility index (Phi) is 6.02. The van der Waals surface area contributed by atoms with Gasteiger partial charge in [-0.3, -0.25) is 9.59 Å². The zero-order valence-corrected chi connectivity index (χ0v) is 14.2.